The standard InChI is InChI=1S/C19H17N3O3/c1-13-17(12-21-22(13)16-5-3-2-4-6-16)18(23)20-11-14-7-9-15(10-8-14)19(24)25/h2-10,12H,11H2,1H3,(H,20,23)(H,24,25). The van der Waals surface area contributed by atoms with Gasteiger partial charge >= 0.3 is 5.97 Å². The van der Waals surface area contributed by atoms with Crippen LogP contribution in [0.4, 0.5) is 0 Å². The van der Waals surface area contributed by atoms with E-state index in [1.165, 1.54) is 12.1 Å². The molecule has 0 saturated heterocycles. The van der Waals surface area contributed by atoms with Gasteiger partial charge in [0.15, 0.2) is 0 Å². The van der Waals surface area contributed by atoms with Gasteiger partial charge < -0.3 is 10.4 Å². The summed E-state index contributed by atoms with van der Waals surface area (Å²) in [6.45, 7) is 2.16. The third-order valence-corrected chi connectivity index (χ3v) is 3.91. The van der Waals surface area contributed by atoms with E-state index in [0.717, 1.165) is 16.9 Å². The second-order valence-electron chi connectivity index (χ2n) is 5.58. The summed E-state index contributed by atoms with van der Waals surface area (Å²) in [5.74, 6) is -1.19. The van der Waals surface area contributed by atoms with Gasteiger partial charge in [-0.1, -0.05) is 30.3 Å². The van der Waals surface area contributed by atoms with Crippen molar-refractivity contribution in [1.82, 2.24) is 15.1 Å². The van der Waals surface area contributed by atoms with E-state index >= 15 is 0 Å². The van der Waals surface area contributed by atoms with E-state index in [1.54, 1.807) is 23.0 Å². The highest BCUT2D eigenvalue weighted by molar-refractivity contribution is 5.95. The maximum absolute atomic E-state index is 12.4. The molecule has 3 aromatic rings. The van der Waals surface area contributed by atoms with Crippen LogP contribution >= 0.6 is 0 Å². The van der Waals surface area contributed by atoms with Gasteiger partial charge in [0.1, 0.15) is 0 Å². The summed E-state index contributed by atoms with van der Waals surface area (Å²) in [6, 6.07) is 16.0. The lowest BCUT2D eigenvalue weighted by atomic mass is 10.1. The van der Waals surface area contributed by atoms with Gasteiger partial charge in [0.25, 0.3) is 5.91 Å². The molecule has 1 amide bonds. The van der Waals surface area contributed by atoms with Crippen molar-refractivity contribution in [3.63, 3.8) is 0 Å². The molecule has 3 rings (SSSR count). The predicted octanol–water partition coefficient (Wildman–Crippen LogP) is 2.81. The Kier molecular flexibility index (Phi) is 4.61. The number of aromatic nitrogens is 2. The van der Waals surface area contributed by atoms with E-state index in [2.05, 4.69) is 10.4 Å². The first kappa shape index (κ1) is 16.4. The molecule has 0 bridgehead atoms. The molecule has 1 aromatic heterocycles. The molecule has 6 nitrogen and oxygen atoms in total. The highest BCUT2D eigenvalue weighted by atomic mass is 16.4. The predicted molar refractivity (Wildman–Crippen MR) is 92.9 cm³/mol. The van der Waals surface area contributed by atoms with Crippen LogP contribution in [0.1, 0.15) is 32.0 Å². The number of para-hydroxylation sites is 1. The van der Waals surface area contributed by atoms with Crippen LogP contribution in [0.25, 0.3) is 5.69 Å². The van der Waals surface area contributed by atoms with Crippen LogP contribution in [0, 0.1) is 6.92 Å². The molecule has 0 saturated carbocycles. The van der Waals surface area contributed by atoms with E-state index in [1.807, 2.05) is 37.3 Å². The first-order valence-electron chi connectivity index (χ1n) is 7.77. The molecule has 0 spiro atoms. The van der Waals surface area contributed by atoms with Crippen LogP contribution < -0.4 is 5.32 Å². The van der Waals surface area contributed by atoms with Gasteiger partial charge in [-0.05, 0) is 36.8 Å². The molecular formula is C19H17N3O3. The number of hydrogen-bond acceptors (Lipinski definition) is 3. The Morgan fingerprint density at radius 2 is 1.76 bits per heavy atom. The number of carboxylic acid groups (broad SMARTS) is 1. The Bertz CT molecular complexity index is 899. The van der Waals surface area contributed by atoms with Crippen molar-refractivity contribution in [2.45, 2.75) is 13.5 Å². The summed E-state index contributed by atoms with van der Waals surface area (Å²) in [4.78, 5) is 23.2. The summed E-state index contributed by atoms with van der Waals surface area (Å²) < 4.78 is 1.72. The lowest BCUT2D eigenvalue weighted by molar-refractivity contribution is 0.0696. The van der Waals surface area contributed by atoms with Gasteiger partial charge in [0.2, 0.25) is 0 Å². The fraction of sp³-hybridized carbons (Fsp3) is 0.105. The average Bonchev–Trinajstić information content (AvgIpc) is 3.02. The first-order chi connectivity index (χ1) is 12.1. The number of aromatic carboxylic acids is 1. The number of benzene rings is 2. The van der Waals surface area contributed by atoms with Crippen molar-refractivity contribution < 1.29 is 14.7 Å². The first-order valence-corrected chi connectivity index (χ1v) is 7.77. The fourth-order valence-electron chi connectivity index (χ4n) is 2.50. The minimum atomic E-state index is -0.973. The molecule has 0 aliphatic carbocycles. The summed E-state index contributed by atoms with van der Waals surface area (Å²) in [5, 5.41) is 16.0. The number of nitrogens with zero attached hydrogens (tertiary/aromatic N) is 2. The molecule has 0 aliphatic rings. The number of rotatable bonds is 5. The summed E-state index contributed by atoms with van der Waals surface area (Å²) in [7, 11) is 0. The minimum Gasteiger partial charge on any atom is -0.478 e. The van der Waals surface area contributed by atoms with Crippen molar-refractivity contribution in [3.8, 4) is 5.69 Å². The number of amides is 1. The molecule has 0 atom stereocenters. The fourth-order valence-corrected chi connectivity index (χ4v) is 2.50. The highest BCUT2D eigenvalue weighted by Crippen LogP contribution is 2.14. The van der Waals surface area contributed by atoms with Crippen molar-refractivity contribution in [1.29, 1.82) is 0 Å². The summed E-state index contributed by atoms with van der Waals surface area (Å²) in [5.41, 5.74) is 3.20. The van der Waals surface area contributed by atoms with Crippen LogP contribution in [0.2, 0.25) is 0 Å². The van der Waals surface area contributed by atoms with E-state index < -0.39 is 5.97 Å². The zero-order chi connectivity index (χ0) is 17.8. The molecule has 25 heavy (non-hydrogen) atoms. The molecule has 0 unspecified atom stereocenters. The van der Waals surface area contributed by atoms with E-state index in [-0.39, 0.29) is 11.5 Å². The third-order valence-electron chi connectivity index (χ3n) is 3.91. The molecular weight excluding hydrogens is 318 g/mol. The monoisotopic (exact) mass is 335 g/mol. The van der Waals surface area contributed by atoms with Gasteiger partial charge in [-0.25, -0.2) is 9.48 Å². The topological polar surface area (TPSA) is 84.2 Å². The summed E-state index contributed by atoms with van der Waals surface area (Å²) >= 11 is 0. The SMILES string of the molecule is Cc1c(C(=O)NCc2ccc(C(=O)O)cc2)cnn1-c1ccccc1. The van der Waals surface area contributed by atoms with Gasteiger partial charge in [-0.2, -0.15) is 5.10 Å². The van der Waals surface area contributed by atoms with E-state index in [0.29, 0.717) is 12.1 Å². The molecule has 1 heterocycles. The third kappa shape index (κ3) is 3.58. The van der Waals surface area contributed by atoms with E-state index in [4.69, 9.17) is 5.11 Å². The Morgan fingerprint density at radius 3 is 2.40 bits per heavy atom. The zero-order valence-electron chi connectivity index (χ0n) is 13.6. The van der Waals surface area contributed by atoms with Crippen molar-refractivity contribution in [2.24, 2.45) is 0 Å². The van der Waals surface area contributed by atoms with Gasteiger partial charge in [0.05, 0.1) is 28.7 Å². The second kappa shape index (κ2) is 7.00. The van der Waals surface area contributed by atoms with Gasteiger partial charge in [-0.15, -0.1) is 0 Å². The Labute approximate surface area is 144 Å². The van der Waals surface area contributed by atoms with Crippen LogP contribution in [0.15, 0.2) is 60.8 Å². The molecule has 0 aliphatic heterocycles. The molecule has 6 heteroatoms. The maximum atomic E-state index is 12.4. The molecule has 126 valence electrons. The number of hydrogen-bond donors (Lipinski definition) is 2. The maximum Gasteiger partial charge on any atom is 0.335 e. The number of carboxylic acids is 1. The molecule has 2 N–H and O–H groups in total. The Balaban J connectivity index is 1.70. The smallest absolute Gasteiger partial charge is 0.335 e. The van der Waals surface area contributed by atoms with Crippen LogP contribution in [0.5, 0.6) is 0 Å². The number of carbonyl (C=O) groups is 2. The second-order valence-corrected chi connectivity index (χ2v) is 5.58. The highest BCUT2D eigenvalue weighted by Gasteiger charge is 2.14. The number of carbonyl (C=O) groups excluding carboxylic acids is 1. The van der Waals surface area contributed by atoms with Crippen molar-refractivity contribution >= 4 is 11.9 Å². The van der Waals surface area contributed by atoms with Crippen molar-refractivity contribution in [2.75, 3.05) is 0 Å². The normalized spacial score (nSPS) is 10.4. The minimum absolute atomic E-state index is 0.218. The van der Waals surface area contributed by atoms with Crippen molar-refractivity contribution in [3.05, 3.63) is 83.2 Å². The Hall–Kier alpha value is -3.41. The average molecular weight is 335 g/mol. The van der Waals surface area contributed by atoms with Crippen LogP contribution in [-0.2, 0) is 6.54 Å². The zero-order valence-corrected chi connectivity index (χ0v) is 13.6. The largest absolute Gasteiger partial charge is 0.478 e. The number of nitrogens with one attached hydrogen (secondary N) is 1. The quantitative estimate of drug-likeness (QED) is 0.751. The lowest BCUT2D eigenvalue weighted by Gasteiger charge is -2.07. The van der Waals surface area contributed by atoms with Gasteiger partial charge in [0, 0.05) is 6.54 Å². The molecule has 0 radical (unpaired) electrons. The van der Waals surface area contributed by atoms with E-state index in [9.17, 15) is 9.59 Å². The lowest BCUT2D eigenvalue weighted by Crippen LogP contribution is -2.23. The molecule has 2 aromatic carbocycles. The summed E-state index contributed by atoms with van der Waals surface area (Å²) in [6.07, 6.45) is 1.55. The Morgan fingerprint density at radius 1 is 1.08 bits per heavy atom. The molecule has 0 fully saturated rings. The van der Waals surface area contributed by atoms with Crippen LogP contribution in [0.3, 0.4) is 0 Å². The van der Waals surface area contributed by atoms with Crippen LogP contribution in [-0.4, -0.2) is 26.8 Å². The van der Waals surface area contributed by atoms with Gasteiger partial charge in [-0.3, -0.25) is 4.79 Å².